The minimum absolute atomic E-state index is 0.121. The lowest BCUT2D eigenvalue weighted by Crippen LogP contribution is -2.51. The number of nitrogens with one attached hydrogen (secondary N) is 2. The third-order valence-corrected chi connectivity index (χ3v) is 6.04. The summed E-state index contributed by atoms with van der Waals surface area (Å²) in [6, 6.07) is 4.87. The molecule has 0 spiro atoms. The SMILES string of the molecule is CCN(CC)S(=O)(=O)c1ccc(CNC(=O)[C@@H](NC(N)=O)C(C)C)cc1. The van der Waals surface area contributed by atoms with Crippen molar-refractivity contribution in [3.05, 3.63) is 29.8 Å². The molecule has 0 fully saturated rings. The fourth-order valence-electron chi connectivity index (χ4n) is 2.48. The summed E-state index contributed by atoms with van der Waals surface area (Å²) in [5, 5.41) is 5.13. The van der Waals surface area contributed by atoms with Crippen molar-refractivity contribution < 1.29 is 18.0 Å². The van der Waals surface area contributed by atoms with E-state index in [-0.39, 0.29) is 23.3 Å². The van der Waals surface area contributed by atoms with Crippen LogP contribution in [0.15, 0.2) is 29.2 Å². The van der Waals surface area contributed by atoms with E-state index >= 15 is 0 Å². The van der Waals surface area contributed by atoms with E-state index in [1.54, 1.807) is 39.8 Å². The van der Waals surface area contributed by atoms with Crippen molar-refractivity contribution in [2.45, 2.75) is 45.2 Å². The molecule has 0 aliphatic heterocycles. The van der Waals surface area contributed by atoms with Gasteiger partial charge < -0.3 is 16.4 Å². The zero-order chi connectivity index (χ0) is 19.9. The molecule has 0 radical (unpaired) electrons. The van der Waals surface area contributed by atoms with E-state index in [4.69, 9.17) is 5.73 Å². The Hall–Kier alpha value is -2.13. The number of nitrogens with two attached hydrogens (primary N) is 1. The van der Waals surface area contributed by atoms with Crippen molar-refractivity contribution in [1.82, 2.24) is 14.9 Å². The minimum Gasteiger partial charge on any atom is -0.352 e. The lowest BCUT2D eigenvalue weighted by Gasteiger charge is -2.21. The zero-order valence-corrected chi connectivity index (χ0v) is 16.5. The Morgan fingerprint density at radius 2 is 1.65 bits per heavy atom. The molecule has 9 heteroatoms. The molecule has 26 heavy (non-hydrogen) atoms. The molecule has 1 rings (SSSR count). The Morgan fingerprint density at radius 3 is 2.08 bits per heavy atom. The molecule has 1 aromatic carbocycles. The summed E-state index contributed by atoms with van der Waals surface area (Å²) in [6.07, 6.45) is 0. The molecule has 0 aromatic heterocycles. The average molecular weight is 385 g/mol. The van der Waals surface area contributed by atoms with Crippen LogP contribution in [0.2, 0.25) is 0 Å². The van der Waals surface area contributed by atoms with Gasteiger partial charge in [0.05, 0.1) is 4.90 Å². The van der Waals surface area contributed by atoms with E-state index < -0.39 is 22.1 Å². The molecule has 1 atom stereocenters. The fraction of sp³-hybridized carbons (Fsp3) is 0.529. The first kappa shape index (κ1) is 21.9. The van der Waals surface area contributed by atoms with Crippen LogP contribution in [-0.4, -0.2) is 43.8 Å². The van der Waals surface area contributed by atoms with Gasteiger partial charge in [0.15, 0.2) is 0 Å². The van der Waals surface area contributed by atoms with Gasteiger partial charge in [-0.15, -0.1) is 0 Å². The lowest BCUT2D eigenvalue weighted by atomic mass is 10.0. The molecular formula is C17H28N4O4S. The second-order valence-corrected chi connectivity index (χ2v) is 8.12. The standard InChI is InChI=1S/C17H28N4O4S/c1-5-21(6-2)26(24,25)14-9-7-13(8-10-14)11-19-16(22)15(12(3)4)20-17(18)23/h7-10,12,15H,5-6,11H2,1-4H3,(H,19,22)(H3,18,20,23)/t15-/m0/s1. The molecule has 1 aromatic rings. The Morgan fingerprint density at radius 1 is 1.12 bits per heavy atom. The number of carbonyl (C=O) groups is 2. The third-order valence-electron chi connectivity index (χ3n) is 3.98. The predicted octanol–water partition coefficient (Wildman–Crippen LogP) is 1.03. The highest BCUT2D eigenvalue weighted by atomic mass is 32.2. The molecule has 0 heterocycles. The zero-order valence-electron chi connectivity index (χ0n) is 15.7. The number of amides is 3. The maximum absolute atomic E-state index is 12.4. The van der Waals surface area contributed by atoms with Crippen LogP contribution in [0.1, 0.15) is 33.3 Å². The molecule has 3 amide bonds. The number of primary amides is 1. The highest BCUT2D eigenvalue weighted by molar-refractivity contribution is 7.89. The highest BCUT2D eigenvalue weighted by Gasteiger charge is 2.23. The number of urea groups is 1. The number of benzene rings is 1. The lowest BCUT2D eigenvalue weighted by molar-refractivity contribution is -0.124. The summed E-state index contributed by atoms with van der Waals surface area (Å²) < 4.78 is 26.3. The molecule has 0 saturated heterocycles. The van der Waals surface area contributed by atoms with E-state index in [9.17, 15) is 18.0 Å². The maximum Gasteiger partial charge on any atom is 0.312 e. The van der Waals surface area contributed by atoms with E-state index in [1.807, 2.05) is 0 Å². The minimum atomic E-state index is -3.50. The molecular weight excluding hydrogens is 356 g/mol. The van der Waals surface area contributed by atoms with Crippen LogP contribution in [0.25, 0.3) is 0 Å². The van der Waals surface area contributed by atoms with Gasteiger partial charge in [-0.2, -0.15) is 4.31 Å². The van der Waals surface area contributed by atoms with Crippen LogP contribution >= 0.6 is 0 Å². The molecule has 146 valence electrons. The number of rotatable bonds is 9. The Labute approximate surface area is 155 Å². The first-order valence-corrected chi connectivity index (χ1v) is 10.00. The monoisotopic (exact) mass is 384 g/mol. The molecule has 0 bridgehead atoms. The van der Waals surface area contributed by atoms with Crippen molar-refractivity contribution in [1.29, 1.82) is 0 Å². The third kappa shape index (κ3) is 5.70. The van der Waals surface area contributed by atoms with Gasteiger partial charge in [0.2, 0.25) is 15.9 Å². The summed E-state index contributed by atoms with van der Waals surface area (Å²) in [6.45, 7) is 8.20. The molecule has 0 aliphatic carbocycles. The summed E-state index contributed by atoms with van der Waals surface area (Å²) >= 11 is 0. The Kier molecular flexibility index (Phi) is 8.04. The van der Waals surface area contributed by atoms with Crippen molar-refractivity contribution in [3.63, 3.8) is 0 Å². The van der Waals surface area contributed by atoms with Crippen molar-refractivity contribution in [2.24, 2.45) is 11.7 Å². The Balaban J connectivity index is 2.79. The molecule has 0 unspecified atom stereocenters. The van der Waals surface area contributed by atoms with Gasteiger partial charge >= 0.3 is 6.03 Å². The molecule has 0 aliphatic rings. The normalized spacial score (nSPS) is 12.8. The van der Waals surface area contributed by atoms with Gasteiger partial charge in [0, 0.05) is 19.6 Å². The summed E-state index contributed by atoms with van der Waals surface area (Å²) in [7, 11) is -3.50. The summed E-state index contributed by atoms with van der Waals surface area (Å²) in [5.74, 6) is -0.470. The Bertz CT molecular complexity index is 713. The van der Waals surface area contributed by atoms with Crippen LogP contribution in [0.3, 0.4) is 0 Å². The first-order chi connectivity index (χ1) is 12.1. The van der Waals surface area contributed by atoms with Crippen LogP contribution in [0.5, 0.6) is 0 Å². The van der Waals surface area contributed by atoms with Crippen LogP contribution in [0, 0.1) is 5.92 Å². The van der Waals surface area contributed by atoms with Gasteiger partial charge in [-0.05, 0) is 23.6 Å². The van der Waals surface area contributed by atoms with Gasteiger partial charge in [-0.1, -0.05) is 39.8 Å². The number of sulfonamides is 1. The molecule has 0 saturated carbocycles. The number of hydrogen-bond acceptors (Lipinski definition) is 4. The van der Waals surface area contributed by atoms with E-state index in [1.165, 1.54) is 16.4 Å². The maximum atomic E-state index is 12.4. The van der Waals surface area contributed by atoms with E-state index in [0.717, 1.165) is 5.56 Å². The first-order valence-electron chi connectivity index (χ1n) is 8.56. The van der Waals surface area contributed by atoms with Gasteiger partial charge in [-0.25, -0.2) is 13.2 Å². The van der Waals surface area contributed by atoms with Gasteiger partial charge in [-0.3, -0.25) is 4.79 Å². The number of hydrogen-bond donors (Lipinski definition) is 3. The molecule has 4 N–H and O–H groups in total. The quantitative estimate of drug-likeness (QED) is 0.588. The van der Waals surface area contributed by atoms with Crippen LogP contribution in [-0.2, 0) is 21.4 Å². The van der Waals surface area contributed by atoms with Crippen molar-refractivity contribution in [2.75, 3.05) is 13.1 Å². The van der Waals surface area contributed by atoms with Crippen molar-refractivity contribution >= 4 is 22.0 Å². The van der Waals surface area contributed by atoms with E-state index in [0.29, 0.717) is 13.1 Å². The average Bonchev–Trinajstić information content (AvgIpc) is 2.58. The van der Waals surface area contributed by atoms with E-state index in [2.05, 4.69) is 10.6 Å². The van der Waals surface area contributed by atoms with Crippen LogP contribution in [0.4, 0.5) is 4.79 Å². The summed E-state index contributed by atoms with van der Waals surface area (Å²) in [4.78, 5) is 23.4. The van der Waals surface area contributed by atoms with Gasteiger partial charge in [0.25, 0.3) is 0 Å². The largest absolute Gasteiger partial charge is 0.352 e. The highest BCUT2D eigenvalue weighted by Crippen LogP contribution is 2.16. The fourth-order valence-corrected chi connectivity index (χ4v) is 3.94. The number of nitrogens with zero attached hydrogens (tertiary/aromatic N) is 1. The van der Waals surface area contributed by atoms with Crippen LogP contribution < -0.4 is 16.4 Å². The second kappa shape index (κ2) is 9.54. The van der Waals surface area contributed by atoms with Gasteiger partial charge in [0.1, 0.15) is 6.04 Å². The predicted molar refractivity (Wildman–Crippen MR) is 99.7 cm³/mol. The smallest absolute Gasteiger partial charge is 0.312 e. The second-order valence-electron chi connectivity index (χ2n) is 6.18. The van der Waals surface area contributed by atoms with Crippen molar-refractivity contribution in [3.8, 4) is 0 Å². The number of carbonyl (C=O) groups excluding carboxylic acids is 2. The topological polar surface area (TPSA) is 122 Å². The summed E-state index contributed by atoms with van der Waals surface area (Å²) in [5.41, 5.74) is 5.84. The molecule has 8 nitrogen and oxygen atoms in total.